The molecule has 0 aliphatic rings. The normalized spacial score (nSPS) is 10.7. The summed E-state index contributed by atoms with van der Waals surface area (Å²) >= 11 is 0. The summed E-state index contributed by atoms with van der Waals surface area (Å²) in [4.78, 5) is 0. The molecule has 0 saturated carbocycles. The molecule has 0 fully saturated rings. The van der Waals surface area contributed by atoms with E-state index < -0.39 is 19.1 Å². The molecule has 0 bridgehead atoms. The molecule has 0 aromatic heterocycles. The number of halogens is 4. The van der Waals surface area contributed by atoms with Gasteiger partial charge in [0.1, 0.15) is 0 Å². The van der Waals surface area contributed by atoms with Crippen LogP contribution in [0.4, 0.5) is 17.3 Å². The molecule has 0 unspecified atom stereocenters. The van der Waals surface area contributed by atoms with Crippen LogP contribution >= 0.6 is 0 Å². The molecule has 0 aliphatic carbocycles. The summed E-state index contributed by atoms with van der Waals surface area (Å²) in [5.74, 6) is -1.10. The van der Waals surface area contributed by atoms with Crippen LogP contribution in [0, 0.1) is 5.82 Å². The first kappa shape index (κ1) is 15.4. The second kappa shape index (κ2) is 6.24. The average molecular weight is 246 g/mol. The van der Waals surface area contributed by atoms with E-state index in [0.29, 0.717) is 0 Å². The molecule has 0 radical (unpaired) electrons. The van der Waals surface area contributed by atoms with Gasteiger partial charge >= 0.3 is 58.4 Å². The smallest absolute Gasteiger partial charge is 0.494 e. The van der Waals surface area contributed by atoms with E-state index in [1.165, 1.54) is 19.2 Å². The third-order valence-corrected chi connectivity index (χ3v) is 1.71. The molecule has 0 aliphatic heterocycles. The fourth-order valence-corrected chi connectivity index (χ4v) is 1.12. The summed E-state index contributed by atoms with van der Waals surface area (Å²) in [7, 11) is 1.21. The molecular weight excluding hydrogens is 238 g/mol. The van der Waals surface area contributed by atoms with Gasteiger partial charge in [-0.25, -0.2) is 4.39 Å². The SMILES string of the molecule is COc1cccc(C[B-](F)(F)F)c1F.[K+]. The van der Waals surface area contributed by atoms with E-state index in [1.807, 2.05) is 0 Å². The monoisotopic (exact) mass is 246 g/mol. The van der Waals surface area contributed by atoms with Crippen LogP contribution < -0.4 is 56.1 Å². The fourth-order valence-electron chi connectivity index (χ4n) is 1.12. The number of ether oxygens (including phenoxy) is 1. The maximum absolute atomic E-state index is 13.2. The molecule has 78 valence electrons. The molecule has 0 saturated heterocycles. The zero-order valence-corrected chi connectivity index (χ0v) is 11.6. The number of rotatable bonds is 3. The number of hydrogen-bond donors (Lipinski definition) is 0. The summed E-state index contributed by atoms with van der Waals surface area (Å²) in [5, 5.41) is 0. The maximum Gasteiger partial charge on any atom is 1.00 e. The van der Waals surface area contributed by atoms with Crippen molar-refractivity contribution in [1.82, 2.24) is 0 Å². The second-order valence-electron chi connectivity index (χ2n) is 2.85. The van der Waals surface area contributed by atoms with E-state index in [9.17, 15) is 17.3 Å². The predicted octanol–water partition coefficient (Wildman–Crippen LogP) is -0.233. The predicted molar refractivity (Wildman–Crippen MR) is 45.7 cm³/mol. The zero-order chi connectivity index (χ0) is 10.8. The Morgan fingerprint density at radius 1 is 1.27 bits per heavy atom. The van der Waals surface area contributed by atoms with E-state index in [2.05, 4.69) is 4.74 Å². The average Bonchev–Trinajstić information content (AvgIpc) is 2.06. The van der Waals surface area contributed by atoms with Gasteiger partial charge in [-0.3, -0.25) is 0 Å². The van der Waals surface area contributed by atoms with Crippen LogP contribution in [0.5, 0.6) is 5.75 Å². The molecule has 1 rings (SSSR count). The van der Waals surface area contributed by atoms with Crippen molar-refractivity contribution in [3.8, 4) is 5.75 Å². The number of methoxy groups -OCH3 is 1. The summed E-state index contributed by atoms with van der Waals surface area (Å²) in [6, 6.07) is 3.72. The van der Waals surface area contributed by atoms with Crippen molar-refractivity contribution in [1.29, 1.82) is 0 Å². The Morgan fingerprint density at radius 2 is 1.87 bits per heavy atom. The molecule has 0 heterocycles. The topological polar surface area (TPSA) is 9.23 Å². The molecule has 1 aromatic rings. The van der Waals surface area contributed by atoms with Crippen LogP contribution in [-0.2, 0) is 6.32 Å². The Morgan fingerprint density at radius 3 is 2.33 bits per heavy atom. The number of hydrogen-bond acceptors (Lipinski definition) is 1. The molecule has 0 spiro atoms. The molecule has 15 heavy (non-hydrogen) atoms. The van der Waals surface area contributed by atoms with Gasteiger partial charge in [0.15, 0.2) is 11.6 Å². The Hall–Kier alpha value is 0.441. The third-order valence-electron chi connectivity index (χ3n) is 1.71. The van der Waals surface area contributed by atoms with E-state index in [4.69, 9.17) is 0 Å². The van der Waals surface area contributed by atoms with Crippen LogP contribution in [-0.4, -0.2) is 14.1 Å². The molecular formula is C8H8BF4KO. The van der Waals surface area contributed by atoms with Gasteiger partial charge < -0.3 is 17.7 Å². The van der Waals surface area contributed by atoms with Crippen molar-refractivity contribution in [2.75, 3.05) is 7.11 Å². The third kappa shape index (κ3) is 4.86. The van der Waals surface area contributed by atoms with Gasteiger partial charge in [0.25, 0.3) is 0 Å². The van der Waals surface area contributed by atoms with Crippen molar-refractivity contribution in [2.45, 2.75) is 6.32 Å². The van der Waals surface area contributed by atoms with Gasteiger partial charge in [-0.2, -0.15) is 0 Å². The standard InChI is InChI=1S/C8H8BF4O.K/c1-14-7-4-2-3-6(8(7)10)5-9(11,12)13;/h2-4H,5H2,1H3;/q-1;+1. The van der Waals surface area contributed by atoms with Gasteiger partial charge in [0.05, 0.1) is 7.11 Å². The van der Waals surface area contributed by atoms with Crippen molar-refractivity contribution < 1.29 is 73.5 Å². The van der Waals surface area contributed by atoms with Crippen molar-refractivity contribution in [2.24, 2.45) is 0 Å². The zero-order valence-electron chi connectivity index (χ0n) is 8.44. The molecule has 7 heteroatoms. The van der Waals surface area contributed by atoms with Gasteiger partial charge in [-0.1, -0.05) is 18.5 Å². The van der Waals surface area contributed by atoms with Gasteiger partial charge in [-0.15, -0.1) is 0 Å². The molecule has 0 amide bonds. The first-order chi connectivity index (χ1) is 6.44. The Bertz CT molecular complexity index is 329. The Labute approximate surface area is 128 Å². The van der Waals surface area contributed by atoms with Crippen LogP contribution in [0.3, 0.4) is 0 Å². The molecule has 0 atom stereocenters. The van der Waals surface area contributed by atoms with Gasteiger partial charge in [0, 0.05) is 0 Å². The minimum Gasteiger partial charge on any atom is -0.494 e. The van der Waals surface area contributed by atoms with Gasteiger partial charge in [0.2, 0.25) is 0 Å². The van der Waals surface area contributed by atoms with Crippen LogP contribution in [0.25, 0.3) is 0 Å². The molecule has 1 aromatic carbocycles. The van der Waals surface area contributed by atoms with Crippen LogP contribution in [0.1, 0.15) is 5.56 Å². The Kier molecular flexibility index (Phi) is 6.43. The quantitative estimate of drug-likeness (QED) is 0.528. The van der Waals surface area contributed by atoms with E-state index in [0.717, 1.165) is 6.07 Å². The van der Waals surface area contributed by atoms with E-state index in [-0.39, 0.29) is 62.7 Å². The second-order valence-corrected chi connectivity index (χ2v) is 2.85. The summed E-state index contributed by atoms with van der Waals surface area (Å²) in [6.07, 6.45) is -1.22. The maximum atomic E-state index is 13.2. The minimum absolute atomic E-state index is 0. The summed E-state index contributed by atoms with van der Waals surface area (Å²) < 4.78 is 53.8. The molecule has 0 N–H and O–H groups in total. The first-order valence-corrected chi connectivity index (χ1v) is 3.96. The summed E-state index contributed by atoms with van der Waals surface area (Å²) in [5.41, 5.74) is -0.378. The Balaban J connectivity index is 0.00000196. The van der Waals surface area contributed by atoms with E-state index >= 15 is 0 Å². The minimum atomic E-state index is -5.02. The fraction of sp³-hybridized carbons (Fsp3) is 0.250. The number of benzene rings is 1. The van der Waals surface area contributed by atoms with Gasteiger partial charge in [-0.05, 0) is 11.6 Å². The van der Waals surface area contributed by atoms with Crippen molar-refractivity contribution in [3.63, 3.8) is 0 Å². The van der Waals surface area contributed by atoms with Crippen molar-refractivity contribution in [3.05, 3.63) is 29.6 Å². The largest absolute Gasteiger partial charge is 1.00 e. The first-order valence-electron chi connectivity index (χ1n) is 3.96. The van der Waals surface area contributed by atoms with E-state index in [1.54, 1.807) is 0 Å². The van der Waals surface area contributed by atoms with Crippen LogP contribution in [0.15, 0.2) is 18.2 Å². The molecule has 1 nitrogen and oxygen atoms in total. The van der Waals surface area contributed by atoms with Crippen molar-refractivity contribution >= 4 is 6.98 Å². The van der Waals surface area contributed by atoms with Crippen LogP contribution in [0.2, 0.25) is 0 Å². The summed E-state index contributed by atoms with van der Waals surface area (Å²) in [6.45, 7) is -5.02.